The molecule has 3 rings (SSSR count). The number of nitrogens with zero attached hydrogens (tertiary/aromatic N) is 1. The summed E-state index contributed by atoms with van der Waals surface area (Å²) in [6, 6.07) is 12.7. The van der Waals surface area contributed by atoms with Gasteiger partial charge in [-0.05, 0) is 43.7 Å². The van der Waals surface area contributed by atoms with Crippen molar-refractivity contribution in [3.63, 3.8) is 0 Å². The van der Waals surface area contributed by atoms with Gasteiger partial charge >= 0.3 is 6.18 Å². The van der Waals surface area contributed by atoms with E-state index in [0.29, 0.717) is 10.6 Å². The molecule has 1 aromatic heterocycles. The first kappa shape index (κ1) is 19.9. The molecule has 1 unspecified atom stereocenters. The summed E-state index contributed by atoms with van der Waals surface area (Å²) in [6.07, 6.45) is -3.75. The average Bonchev–Trinajstić information content (AvgIpc) is 3.01. The van der Waals surface area contributed by atoms with E-state index in [-0.39, 0.29) is 6.10 Å². The SMILES string of the molecule is CCC(Oc1cccc(Br)c1)c1sc(-c2ccc(C(F)(F)F)cc2)nc1C. The lowest BCUT2D eigenvalue weighted by Crippen LogP contribution is -2.06. The highest BCUT2D eigenvalue weighted by Gasteiger charge is 2.30. The zero-order chi connectivity index (χ0) is 19.6. The summed E-state index contributed by atoms with van der Waals surface area (Å²) in [5, 5.41) is 0.688. The highest BCUT2D eigenvalue weighted by atomic mass is 79.9. The molecule has 27 heavy (non-hydrogen) atoms. The van der Waals surface area contributed by atoms with Crippen molar-refractivity contribution in [1.29, 1.82) is 0 Å². The first-order valence-electron chi connectivity index (χ1n) is 8.35. The number of aryl methyl sites for hydroxylation is 1. The molecule has 0 bridgehead atoms. The van der Waals surface area contributed by atoms with Gasteiger partial charge in [-0.2, -0.15) is 13.2 Å². The molecule has 142 valence electrons. The number of hydrogen-bond donors (Lipinski definition) is 0. The van der Waals surface area contributed by atoms with E-state index in [1.807, 2.05) is 38.1 Å². The Bertz CT molecular complexity index is 922. The molecular weight excluding hydrogens is 439 g/mol. The highest BCUT2D eigenvalue weighted by molar-refractivity contribution is 9.10. The molecule has 3 aromatic rings. The molecule has 0 N–H and O–H groups in total. The Balaban J connectivity index is 1.86. The van der Waals surface area contributed by atoms with Crippen molar-refractivity contribution in [2.45, 2.75) is 32.5 Å². The number of alkyl halides is 3. The third-order valence-electron chi connectivity index (χ3n) is 4.03. The Kier molecular flexibility index (Phi) is 5.91. The maximum Gasteiger partial charge on any atom is 0.416 e. The van der Waals surface area contributed by atoms with Crippen molar-refractivity contribution < 1.29 is 17.9 Å². The first-order chi connectivity index (χ1) is 12.8. The van der Waals surface area contributed by atoms with E-state index in [1.54, 1.807) is 0 Å². The minimum Gasteiger partial charge on any atom is -0.485 e. The Morgan fingerprint density at radius 3 is 2.44 bits per heavy atom. The Morgan fingerprint density at radius 1 is 1.15 bits per heavy atom. The van der Waals surface area contributed by atoms with Gasteiger partial charge in [0.2, 0.25) is 0 Å². The van der Waals surface area contributed by atoms with Crippen molar-refractivity contribution in [3.8, 4) is 16.3 Å². The van der Waals surface area contributed by atoms with Gasteiger partial charge in [-0.25, -0.2) is 4.98 Å². The molecular formula is C20H17BrF3NOS. The lowest BCUT2D eigenvalue weighted by atomic mass is 10.1. The third-order valence-corrected chi connectivity index (χ3v) is 5.82. The molecule has 2 aromatic carbocycles. The standard InChI is InChI=1S/C20H17BrF3NOS/c1-3-17(26-16-6-4-5-15(21)11-16)18-12(2)25-19(27-18)13-7-9-14(10-8-13)20(22,23)24/h4-11,17H,3H2,1-2H3. The topological polar surface area (TPSA) is 22.1 Å². The Morgan fingerprint density at radius 2 is 1.85 bits per heavy atom. The zero-order valence-electron chi connectivity index (χ0n) is 14.7. The van der Waals surface area contributed by atoms with Crippen LogP contribution >= 0.6 is 27.3 Å². The third kappa shape index (κ3) is 4.71. The highest BCUT2D eigenvalue weighted by Crippen LogP contribution is 2.37. The van der Waals surface area contributed by atoms with E-state index in [2.05, 4.69) is 20.9 Å². The second kappa shape index (κ2) is 8.02. The number of ether oxygens (including phenoxy) is 1. The number of rotatable bonds is 5. The van der Waals surface area contributed by atoms with Crippen LogP contribution in [0, 0.1) is 6.92 Å². The minimum atomic E-state index is -4.34. The van der Waals surface area contributed by atoms with Crippen LogP contribution in [0.25, 0.3) is 10.6 Å². The first-order valence-corrected chi connectivity index (χ1v) is 9.96. The largest absolute Gasteiger partial charge is 0.485 e. The van der Waals surface area contributed by atoms with Gasteiger partial charge in [0.1, 0.15) is 16.9 Å². The van der Waals surface area contributed by atoms with Gasteiger partial charge in [0.05, 0.1) is 16.1 Å². The summed E-state index contributed by atoms with van der Waals surface area (Å²) in [6.45, 7) is 3.92. The molecule has 0 radical (unpaired) electrons. The fourth-order valence-corrected chi connectivity index (χ4v) is 4.22. The molecule has 0 aliphatic rings. The van der Waals surface area contributed by atoms with Gasteiger partial charge in [-0.15, -0.1) is 11.3 Å². The van der Waals surface area contributed by atoms with Gasteiger partial charge in [-0.1, -0.05) is 41.1 Å². The van der Waals surface area contributed by atoms with Crippen LogP contribution in [-0.2, 0) is 6.18 Å². The van der Waals surface area contributed by atoms with Crippen molar-refractivity contribution >= 4 is 27.3 Å². The summed E-state index contributed by atoms with van der Waals surface area (Å²) < 4.78 is 45.3. The van der Waals surface area contributed by atoms with E-state index >= 15 is 0 Å². The van der Waals surface area contributed by atoms with E-state index in [9.17, 15) is 13.2 Å². The average molecular weight is 456 g/mol. The van der Waals surface area contributed by atoms with Crippen LogP contribution < -0.4 is 4.74 Å². The molecule has 7 heteroatoms. The van der Waals surface area contributed by atoms with Crippen molar-refractivity contribution in [1.82, 2.24) is 4.98 Å². The lowest BCUT2D eigenvalue weighted by molar-refractivity contribution is -0.137. The van der Waals surface area contributed by atoms with E-state index in [4.69, 9.17) is 4.74 Å². The maximum absolute atomic E-state index is 12.7. The van der Waals surface area contributed by atoms with Gasteiger partial charge < -0.3 is 4.74 Å². The fraction of sp³-hybridized carbons (Fsp3) is 0.250. The van der Waals surface area contributed by atoms with Crippen LogP contribution in [0.5, 0.6) is 5.75 Å². The van der Waals surface area contributed by atoms with Crippen molar-refractivity contribution in [2.24, 2.45) is 0 Å². The second-order valence-corrected chi connectivity index (χ2v) is 7.96. The van der Waals surface area contributed by atoms with Crippen LogP contribution in [0.15, 0.2) is 53.0 Å². The molecule has 0 aliphatic carbocycles. The van der Waals surface area contributed by atoms with Crippen LogP contribution in [0.4, 0.5) is 13.2 Å². The molecule has 0 spiro atoms. The lowest BCUT2D eigenvalue weighted by Gasteiger charge is -2.17. The maximum atomic E-state index is 12.7. The number of thiazole rings is 1. The van der Waals surface area contributed by atoms with Gasteiger partial charge in [-0.3, -0.25) is 0 Å². The summed E-state index contributed by atoms with van der Waals surface area (Å²) in [4.78, 5) is 5.53. The molecule has 0 fully saturated rings. The molecule has 0 saturated heterocycles. The predicted octanol–water partition coefficient (Wildman–Crippen LogP) is 7.43. The van der Waals surface area contributed by atoms with Gasteiger partial charge in [0, 0.05) is 10.0 Å². The second-order valence-electron chi connectivity index (χ2n) is 6.02. The molecule has 1 heterocycles. The molecule has 1 atom stereocenters. The minimum absolute atomic E-state index is 0.167. The quantitative estimate of drug-likeness (QED) is 0.398. The summed E-state index contributed by atoms with van der Waals surface area (Å²) in [5.41, 5.74) is 0.834. The van der Waals surface area contributed by atoms with E-state index < -0.39 is 11.7 Å². The van der Waals surface area contributed by atoms with Crippen LogP contribution in [0.1, 0.15) is 35.6 Å². The number of halogens is 4. The van der Waals surface area contributed by atoms with Crippen LogP contribution in [0.2, 0.25) is 0 Å². The fourth-order valence-electron chi connectivity index (χ4n) is 2.66. The molecule has 0 saturated carbocycles. The molecule has 2 nitrogen and oxygen atoms in total. The van der Waals surface area contributed by atoms with Crippen molar-refractivity contribution in [3.05, 3.63) is 69.1 Å². The molecule has 0 aliphatic heterocycles. The number of hydrogen-bond acceptors (Lipinski definition) is 3. The van der Waals surface area contributed by atoms with Crippen molar-refractivity contribution in [2.75, 3.05) is 0 Å². The summed E-state index contributed by atoms with van der Waals surface area (Å²) >= 11 is 4.88. The monoisotopic (exact) mass is 455 g/mol. The number of aromatic nitrogens is 1. The Hall–Kier alpha value is -1.86. The van der Waals surface area contributed by atoms with E-state index in [1.165, 1.54) is 23.5 Å². The molecule has 0 amide bonds. The Labute approximate surface area is 168 Å². The van der Waals surface area contributed by atoms with Crippen LogP contribution in [0.3, 0.4) is 0 Å². The zero-order valence-corrected chi connectivity index (χ0v) is 17.1. The van der Waals surface area contributed by atoms with E-state index in [0.717, 1.165) is 39.3 Å². The van der Waals surface area contributed by atoms with Crippen LogP contribution in [-0.4, -0.2) is 4.98 Å². The summed E-state index contributed by atoms with van der Waals surface area (Å²) in [7, 11) is 0. The smallest absolute Gasteiger partial charge is 0.416 e. The predicted molar refractivity (Wildman–Crippen MR) is 105 cm³/mol. The number of benzene rings is 2. The normalized spacial score (nSPS) is 12.8. The van der Waals surface area contributed by atoms with Gasteiger partial charge in [0.15, 0.2) is 0 Å². The summed E-state index contributed by atoms with van der Waals surface area (Å²) in [5.74, 6) is 0.750. The van der Waals surface area contributed by atoms with Gasteiger partial charge in [0.25, 0.3) is 0 Å².